The van der Waals surface area contributed by atoms with Gasteiger partial charge < -0.3 is 59.8 Å². The topological polar surface area (TPSA) is 425 Å². The van der Waals surface area contributed by atoms with Crippen LogP contribution in [0.4, 0.5) is 84.7 Å². The first kappa shape index (κ1) is 91.8. The molecule has 12 aromatic heterocycles. The van der Waals surface area contributed by atoms with Crippen LogP contribution in [0, 0.1) is 34.9 Å². The molecule has 1 amide bonds. The van der Waals surface area contributed by atoms with E-state index >= 15 is 0 Å². The summed E-state index contributed by atoms with van der Waals surface area (Å²) in [4.78, 5) is 44.8. The maximum absolute atomic E-state index is 14.3. The van der Waals surface area contributed by atoms with Crippen LogP contribution in [0.25, 0.3) is 91.6 Å². The van der Waals surface area contributed by atoms with Crippen molar-refractivity contribution in [2.24, 2.45) is 0 Å². The first-order valence-electron chi connectivity index (χ1n) is 38.9. The van der Waals surface area contributed by atoms with Crippen molar-refractivity contribution >= 4 is 29.2 Å². The zero-order valence-corrected chi connectivity index (χ0v) is 68.0. The number of carbonyl (C=O) groups is 1. The van der Waals surface area contributed by atoms with E-state index in [9.17, 15) is 81.6 Å². The summed E-state index contributed by atoms with van der Waals surface area (Å²) in [5.41, 5.74) is -0.287. The Morgan fingerprint density at radius 3 is 1.09 bits per heavy atom. The van der Waals surface area contributed by atoms with Crippen LogP contribution in [0.3, 0.4) is 0 Å². The zero-order chi connectivity index (χ0) is 93.0. The van der Waals surface area contributed by atoms with Crippen LogP contribution in [0.1, 0.15) is 55.4 Å². The molecule has 17 rings (SSSR count). The van der Waals surface area contributed by atoms with Gasteiger partial charge in [0, 0.05) is 58.9 Å². The summed E-state index contributed by atoms with van der Waals surface area (Å²) in [6.07, 6.45) is 0.470. The second-order valence-corrected chi connectivity index (χ2v) is 29.6. The van der Waals surface area contributed by atoms with Gasteiger partial charge in [0.15, 0.2) is 57.8 Å². The number of halogens is 14. The molecule has 1 saturated carbocycles. The molecule has 0 spiro atoms. The van der Waals surface area contributed by atoms with Crippen LogP contribution >= 0.6 is 0 Å². The summed E-state index contributed by atoms with van der Waals surface area (Å²) in [5.74, 6) is -7.94. The highest BCUT2D eigenvalue weighted by atomic mass is 19.4. The molecule has 2 atom stereocenters. The fraction of sp³-hybridized carbons (Fsp3) is 0.226. The molecule has 0 bridgehead atoms. The molecular weight excluding hydrogens is 1760 g/mol. The molecule has 1 aliphatic carbocycles. The molecule has 1 aliphatic rings. The fourth-order valence-corrected chi connectivity index (χ4v) is 12.2. The highest BCUT2D eigenvalue weighted by Crippen LogP contribution is 2.40. The second kappa shape index (κ2) is 39.1. The van der Waals surface area contributed by atoms with E-state index in [0.717, 1.165) is 25.2 Å². The van der Waals surface area contributed by atoms with Crippen molar-refractivity contribution in [1.29, 1.82) is 0 Å². The Morgan fingerprint density at radius 1 is 0.412 bits per heavy atom. The lowest BCUT2D eigenvalue weighted by Crippen LogP contribution is -2.47. The van der Waals surface area contributed by atoms with Gasteiger partial charge >= 0.3 is 12.4 Å². The summed E-state index contributed by atoms with van der Waals surface area (Å²) in [7, 11) is 0. The minimum Gasteiger partial charge on any atom is -0.394 e. The van der Waals surface area contributed by atoms with Gasteiger partial charge in [0.1, 0.15) is 112 Å². The van der Waals surface area contributed by atoms with Crippen LogP contribution in [-0.2, 0) is 31.0 Å². The van der Waals surface area contributed by atoms with Gasteiger partial charge in [-0.05, 0) is 87.4 Å². The molecular formula is C84H70F14N24O9. The van der Waals surface area contributed by atoms with Crippen LogP contribution < -0.4 is 21.3 Å². The number of benzene rings is 4. The molecule has 8 N–H and O–H groups in total. The average molecular weight is 1830 g/mol. The van der Waals surface area contributed by atoms with Gasteiger partial charge in [-0.3, -0.25) is 23.5 Å². The maximum atomic E-state index is 14.3. The van der Waals surface area contributed by atoms with Crippen molar-refractivity contribution in [2.45, 2.75) is 94.3 Å². The van der Waals surface area contributed by atoms with Crippen molar-refractivity contribution < 1.29 is 105 Å². The van der Waals surface area contributed by atoms with E-state index in [4.69, 9.17) is 23.2 Å². The summed E-state index contributed by atoms with van der Waals surface area (Å²) in [5, 5.41) is 80.5. The predicted molar refractivity (Wildman–Crippen MR) is 435 cm³/mol. The number of aromatic nitrogens is 20. The smallest absolute Gasteiger partial charge is 0.394 e. The lowest BCUT2D eigenvalue weighted by atomic mass is 10.0. The van der Waals surface area contributed by atoms with Gasteiger partial charge in [-0.2, -0.15) is 46.7 Å². The molecule has 0 saturated heterocycles. The number of rotatable bonds is 29. The number of anilines is 4. The van der Waals surface area contributed by atoms with Crippen molar-refractivity contribution in [3.05, 3.63) is 265 Å². The van der Waals surface area contributed by atoms with E-state index in [2.05, 4.69) is 102 Å². The molecule has 0 radical (unpaired) electrons. The van der Waals surface area contributed by atoms with Gasteiger partial charge in [-0.25, -0.2) is 75.0 Å². The van der Waals surface area contributed by atoms with Crippen molar-refractivity contribution in [2.75, 3.05) is 47.6 Å². The van der Waals surface area contributed by atoms with E-state index < -0.39 is 102 Å². The van der Waals surface area contributed by atoms with Gasteiger partial charge in [0.05, 0.1) is 93.0 Å². The van der Waals surface area contributed by atoms with Crippen molar-refractivity contribution in [1.82, 2.24) is 99.6 Å². The van der Waals surface area contributed by atoms with Crippen LogP contribution in [0.15, 0.2) is 226 Å². The molecule has 1 fully saturated rings. The predicted octanol–water partition coefficient (Wildman–Crippen LogP) is 14.4. The van der Waals surface area contributed by atoms with Crippen LogP contribution in [0.5, 0.6) is 0 Å². The molecule has 16 aromatic rings. The van der Waals surface area contributed by atoms with Crippen LogP contribution in [-0.4, -0.2) is 187 Å². The largest absolute Gasteiger partial charge is 0.418 e. The lowest BCUT2D eigenvalue weighted by Gasteiger charge is -2.26. The number of hydrogen-bond donors (Lipinski definition) is 8. The molecule has 12 heterocycles. The van der Waals surface area contributed by atoms with Crippen molar-refractivity contribution in [3.8, 4) is 91.6 Å². The molecule has 4 aromatic carbocycles. The Balaban J connectivity index is 0.000000141. The van der Waals surface area contributed by atoms with Gasteiger partial charge in [-0.1, -0.05) is 93.4 Å². The Morgan fingerprint density at radius 2 is 0.756 bits per heavy atom. The third-order valence-corrected chi connectivity index (χ3v) is 19.6. The molecule has 0 aliphatic heterocycles. The highest BCUT2D eigenvalue weighted by Gasteiger charge is 2.52. The van der Waals surface area contributed by atoms with Gasteiger partial charge in [0.25, 0.3) is 5.92 Å². The number of nitrogens with zero attached hydrogens (tertiary/aromatic N) is 20. The van der Waals surface area contributed by atoms with Gasteiger partial charge in [-0.15, -0.1) is 0 Å². The molecule has 33 nitrogen and oxygen atoms in total. The fourth-order valence-electron chi connectivity index (χ4n) is 12.2. The Bertz CT molecular complexity index is 6570. The monoisotopic (exact) mass is 1820 g/mol. The molecule has 678 valence electrons. The molecule has 131 heavy (non-hydrogen) atoms. The number of aliphatic hydroxyl groups excluding tert-OH is 2. The minimum absolute atomic E-state index is 0.00295. The number of carbonyl (C=O) groups excluding carboxylic acids is 1. The average Bonchev–Trinajstić information content (AvgIpc) is 1.68. The summed E-state index contributed by atoms with van der Waals surface area (Å²) in [6, 6.07) is 40.5. The first-order valence-corrected chi connectivity index (χ1v) is 38.9. The van der Waals surface area contributed by atoms with Crippen LogP contribution in [0.2, 0.25) is 0 Å². The number of aliphatic hydroxyl groups is 4. The zero-order valence-electron chi connectivity index (χ0n) is 68.0. The molecule has 47 heteroatoms. The Labute approximate surface area is 729 Å². The number of hydrogen-bond acceptors (Lipinski definition) is 28. The second-order valence-electron chi connectivity index (χ2n) is 29.6. The SMILES string of the molecule is CC(O)(CC(=O)Nc1ccnc(-c2cc(-c3ccon3)n(Cc3ccccc3F)n2)n1)C(F)(F)F.CC(O)(CNc1ccnc(-c2cc(-c3ccon3)n(Cc3ccccc3F)n2)n1)C(F)(F)F.OCC(F)(F)CNc1nc(-c2cc(-c3ccon3)n(Cc3ccccc3F)n2)ncc1F.OCC1(Nc2nc(-c3cc(-c4ccon4)n(Cc4ccccc4F)n3)ncc2F)CC1. The first-order chi connectivity index (χ1) is 62.6. The Hall–Kier alpha value is -15.4. The summed E-state index contributed by atoms with van der Waals surface area (Å²) in [6.45, 7) is -1.85. The number of alkyl halides is 8. The lowest BCUT2D eigenvalue weighted by molar-refractivity contribution is -0.252. The Kier molecular flexibility index (Phi) is 27.4. The normalized spacial score (nSPS) is 13.3. The number of amides is 1. The third-order valence-electron chi connectivity index (χ3n) is 19.6. The van der Waals surface area contributed by atoms with Gasteiger partial charge in [0.2, 0.25) is 5.91 Å². The van der Waals surface area contributed by atoms with Crippen molar-refractivity contribution in [3.63, 3.8) is 0 Å². The van der Waals surface area contributed by atoms with E-state index in [0.29, 0.717) is 87.3 Å². The summed E-state index contributed by atoms with van der Waals surface area (Å²) >= 11 is 0. The quantitative estimate of drug-likeness (QED) is 0.0202. The highest BCUT2D eigenvalue weighted by molar-refractivity contribution is 5.90. The van der Waals surface area contributed by atoms with E-state index in [1.165, 1.54) is 94.0 Å². The standard InChI is InChI=1S/C22H18F4N6O3.C21H18F4N6O2.C21H18F2N6O2.C20H16F4N6O2/c1-21(34,22(24,25)26)11-19(33)28-18-6-8-27-20(29-18)16-10-17(15-7-9-35-31-15)32(30-16)12-13-4-2-3-5-14(13)23;1-20(32,21(23,24)25)12-27-18-6-8-26-19(28-18)16-10-17(15-7-9-33-30-15)31(29-16)11-13-4-2-3-5-14(13)22;22-14-4-2-1-3-13(14)11-29-18(16-5-8-31-28-16)9-17(27-29)20-24-10-15(23)19(25-20)26-21(12-30)6-7-21;21-13-4-2-1-3-12(13)9-30-17(15-5-6-32-29-15)7-16(28-30)19-25-8-14(22)18(27-19)26-10-20(23,24)11-31/h2-10,34H,11-12H2,1H3,(H,27,28,29,33);2-10,32H,11-12H2,1H3,(H,26,27,28);1-5,8-10,30H,6-7,11-12H2,(H,24,25,26);1-8,31H,9-11H2,(H,25,26,27). The van der Waals surface area contributed by atoms with E-state index in [-0.39, 0.29) is 96.4 Å². The summed E-state index contributed by atoms with van der Waals surface area (Å²) < 4.78 is 215. The minimum atomic E-state index is -4.98. The van der Waals surface area contributed by atoms with E-state index in [1.807, 2.05) is 0 Å². The van der Waals surface area contributed by atoms with E-state index in [1.54, 1.807) is 120 Å². The third kappa shape index (κ3) is 22.6. The maximum Gasteiger partial charge on any atom is 0.418 e. The molecule has 2 unspecified atom stereocenters. The number of nitrogens with one attached hydrogen (secondary N) is 4.